The predicted octanol–water partition coefficient (Wildman–Crippen LogP) is -0.0376. The lowest BCUT2D eigenvalue weighted by Gasteiger charge is -2.03. The van der Waals surface area contributed by atoms with Crippen molar-refractivity contribution in [1.29, 1.82) is 0 Å². The van der Waals surface area contributed by atoms with E-state index in [1.165, 1.54) is 35.4 Å². The van der Waals surface area contributed by atoms with Gasteiger partial charge < -0.3 is 9.92 Å². The van der Waals surface area contributed by atoms with Crippen molar-refractivity contribution in [3.63, 3.8) is 0 Å². The molecule has 0 unspecified atom stereocenters. The van der Waals surface area contributed by atoms with E-state index in [2.05, 4.69) is 29.6 Å². The summed E-state index contributed by atoms with van der Waals surface area (Å²) >= 11 is 0. The summed E-state index contributed by atoms with van der Waals surface area (Å²) in [5, 5.41) is 12.0. The zero-order valence-corrected chi connectivity index (χ0v) is 13.4. The van der Waals surface area contributed by atoms with Crippen LogP contribution >= 0.6 is 0 Å². The lowest BCUT2D eigenvalue weighted by Crippen LogP contribution is -2.18. The number of benzene rings is 1. The number of amides is 1. The highest BCUT2D eigenvalue weighted by atomic mass is 32.2. The molecule has 0 saturated carbocycles. The number of carbonyl (C=O) groups is 1. The van der Waals surface area contributed by atoms with Crippen molar-refractivity contribution >= 4 is 16.2 Å². The number of carbonyl (C=O) groups excluding carboxylic acids is 1. The Kier molecular flexibility index (Phi) is 4.35. The molecule has 128 valence electrons. The third kappa shape index (κ3) is 3.92. The molecule has 2 aromatic heterocycles. The molecule has 3 aromatic rings. The fraction of sp³-hybridized carbons (Fsp3) is 0.0769. The number of nitrogens with zero attached hydrogens (tertiary/aromatic N) is 6. The van der Waals surface area contributed by atoms with Crippen molar-refractivity contribution in [3.05, 3.63) is 48.5 Å². The first-order chi connectivity index (χ1) is 11.9. The van der Waals surface area contributed by atoms with Gasteiger partial charge in [-0.25, -0.2) is 14.8 Å². The largest absolute Gasteiger partial charge is 0.420 e. The fourth-order valence-corrected chi connectivity index (χ4v) is 2.69. The van der Waals surface area contributed by atoms with Crippen LogP contribution in [0.1, 0.15) is 5.69 Å². The summed E-state index contributed by atoms with van der Waals surface area (Å²) in [6.07, 6.45) is 1.62. The highest BCUT2D eigenvalue weighted by Gasteiger charge is 2.18. The van der Waals surface area contributed by atoms with Crippen molar-refractivity contribution in [2.24, 2.45) is 5.73 Å². The van der Waals surface area contributed by atoms with Gasteiger partial charge in [0, 0.05) is 11.8 Å². The molecular weight excluding hydrogens is 350 g/mol. The van der Waals surface area contributed by atoms with Gasteiger partial charge in [-0.1, -0.05) is 0 Å². The van der Waals surface area contributed by atoms with Gasteiger partial charge in [0.25, 0.3) is 0 Å². The summed E-state index contributed by atoms with van der Waals surface area (Å²) in [6.45, 7) is 0.314. The van der Waals surface area contributed by atoms with Crippen molar-refractivity contribution in [1.82, 2.24) is 30.2 Å². The normalized spacial score (nSPS) is 11.2. The summed E-state index contributed by atoms with van der Waals surface area (Å²) in [4.78, 5) is 19.6. The molecule has 0 bridgehead atoms. The molecule has 2 N–H and O–H groups in total. The van der Waals surface area contributed by atoms with Gasteiger partial charge in [-0.05, 0) is 35.5 Å². The molecule has 1 amide bonds. The second kappa shape index (κ2) is 6.60. The van der Waals surface area contributed by atoms with Crippen molar-refractivity contribution in [2.45, 2.75) is 11.4 Å². The molecule has 0 fully saturated rings. The summed E-state index contributed by atoms with van der Waals surface area (Å²) in [5.74, 6) is 0.300. The Labute approximate surface area is 141 Å². The zero-order chi connectivity index (χ0) is 17.9. The predicted molar refractivity (Wildman–Crippen MR) is 82.2 cm³/mol. The summed E-state index contributed by atoms with van der Waals surface area (Å²) in [7, 11) is -4.24. The smallest absolute Gasteiger partial charge is 0.334 e. The summed E-state index contributed by atoms with van der Waals surface area (Å²) in [6, 6.07) is 7.14. The van der Waals surface area contributed by atoms with E-state index in [-0.39, 0.29) is 4.90 Å². The van der Waals surface area contributed by atoms with Crippen LogP contribution in [0, 0.1) is 0 Å². The van der Waals surface area contributed by atoms with Crippen LogP contribution in [0.15, 0.2) is 47.8 Å². The average Bonchev–Trinajstić information content (AvgIpc) is 3.03. The lowest BCUT2D eigenvalue weighted by molar-refractivity contribution is 0.212. The molecule has 0 saturated heterocycles. The van der Waals surface area contributed by atoms with Crippen LogP contribution < -0.4 is 5.73 Å². The maximum atomic E-state index is 11.7. The number of hydrogen-bond donors (Lipinski definition) is 1. The molecule has 3 rings (SSSR count). The van der Waals surface area contributed by atoms with E-state index < -0.39 is 16.2 Å². The van der Waals surface area contributed by atoms with Crippen LogP contribution in [0.3, 0.4) is 0 Å². The standard InChI is InChI=1S/C13H11N7O4S/c14-13(21)24-25(22,23)11-3-1-9(2-4-11)12-17-19-20(18-12)7-10-5-6-15-8-16-10/h1-6,8H,7H2,(H2,14,21). The van der Waals surface area contributed by atoms with Crippen molar-refractivity contribution < 1.29 is 17.4 Å². The first kappa shape index (κ1) is 16.4. The molecule has 11 nitrogen and oxygen atoms in total. The quantitative estimate of drug-likeness (QED) is 0.616. The molecular formula is C13H11N7O4S. The monoisotopic (exact) mass is 361 g/mol. The number of tetrazole rings is 1. The van der Waals surface area contributed by atoms with Gasteiger partial charge in [0.15, 0.2) is 0 Å². The zero-order valence-electron chi connectivity index (χ0n) is 12.6. The molecule has 0 radical (unpaired) electrons. The summed E-state index contributed by atoms with van der Waals surface area (Å²) < 4.78 is 27.5. The van der Waals surface area contributed by atoms with Gasteiger partial charge in [-0.2, -0.15) is 13.2 Å². The SMILES string of the molecule is NC(=O)OS(=O)(=O)c1ccc(-c2nnn(Cc3ccncn3)n2)cc1. The molecule has 0 aliphatic heterocycles. The Morgan fingerprint density at radius 2 is 1.96 bits per heavy atom. The lowest BCUT2D eigenvalue weighted by atomic mass is 10.2. The number of rotatable bonds is 5. The Morgan fingerprint density at radius 3 is 2.60 bits per heavy atom. The van der Waals surface area contributed by atoms with E-state index in [4.69, 9.17) is 5.73 Å². The van der Waals surface area contributed by atoms with Crippen LogP contribution in [0.25, 0.3) is 11.4 Å². The molecule has 0 spiro atoms. The van der Waals surface area contributed by atoms with E-state index in [9.17, 15) is 13.2 Å². The Balaban J connectivity index is 1.78. The molecule has 12 heteroatoms. The minimum Gasteiger partial charge on any atom is -0.334 e. The number of nitrogens with two attached hydrogens (primary N) is 1. The highest BCUT2D eigenvalue weighted by Crippen LogP contribution is 2.18. The summed E-state index contributed by atoms with van der Waals surface area (Å²) in [5.41, 5.74) is 5.97. The highest BCUT2D eigenvalue weighted by molar-refractivity contribution is 7.87. The van der Waals surface area contributed by atoms with Crippen LogP contribution in [0.4, 0.5) is 4.79 Å². The van der Waals surface area contributed by atoms with Gasteiger partial charge in [0.2, 0.25) is 5.82 Å². The van der Waals surface area contributed by atoms with E-state index in [0.717, 1.165) is 0 Å². The minimum atomic E-state index is -4.24. The number of hydrogen-bond acceptors (Lipinski definition) is 9. The Morgan fingerprint density at radius 1 is 1.20 bits per heavy atom. The van der Waals surface area contributed by atoms with Gasteiger partial charge >= 0.3 is 16.2 Å². The average molecular weight is 361 g/mol. The van der Waals surface area contributed by atoms with Gasteiger partial charge in [0.1, 0.15) is 17.8 Å². The molecule has 1 aromatic carbocycles. The van der Waals surface area contributed by atoms with Gasteiger partial charge in [-0.15, -0.1) is 10.2 Å². The van der Waals surface area contributed by atoms with Crippen molar-refractivity contribution in [2.75, 3.05) is 0 Å². The maximum absolute atomic E-state index is 11.7. The third-order valence-corrected chi connectivity index (χ3v) is 4.23. The van der Waals surface area contributed by atoms with E-state index in [1.54, 1.807) is 12.3 Å². The fourth-order valence-electron chi connectivity index (χ4n) is 1.91. The van der Waals surface area contributed by atoms with Crippen LogP contribution in [-0.4, -0.2) is 44.7 Å². The molecule has 0 aliphatic rings. The maximum Gasteiger partial charge on any atom is 0.420 e. The topological polar surface area (TPSA) is 156 Å². The van der Waals surface area contributed by atoms with E-state index in [0.29, 0.717) is 23.6 Å². The number of primary amides is 1. The van der Waals surface area contributed by atoms with Crippen LogP contribution in [0.2, 0.25) is 0 Å². The van der Waals surface area contributed by atoms with E-state index in [1.807, 2.05) is 0 Å². The Bertz CT molecular complexity index is 987. The second-order valence-electron chi connectivity index (χ2n) is 4.73. The van der Waals surface area contributed by atoms with Gasteiger partial charge in [-0.3, -0.25) is 0 Å². The van der Waals surface area contributed by atoms with E-state index >= 15 is 0 Å². The minimum absolute atomic E-state index is 0.219. The number of aromatic nitrogens is 6. The van der Waals surface area contributed by atoms with Crippen LogP contribution in [-0.2, 0) is 20.8 Å². The first-order valence-electron chi connectivity index (χ1n) is 6.81. The molecule has 0 aliphatic carbocycles. The molecule has 25 heavy (non-hydrogen) atoms. The Hall–Kier alpha value is -3.41. The third-order valence-electron chi connectivity index (χ3n) is 2.99. The molecule has 0 atom stereocenters. The van der Waals surface area contributed by atoms with Crippen molar-refractivity contribution in [3.8, 4) is 11.4 Å². The molecule has 2 heterocycles. The van der Waals surface area contributed by atoms with Crippen LogP contribution in [0.5, 0.6) is 0 Å². The second-order valence-corrected chi connectivity index (χ2v) is 6.27. The first-order valence-corrected chi connectivity index (χ1v) is 8.22. The van der Waals surface area contributed by atoms with Gasteiger partial charge in [0.05, 0.1) is 5.69 Å².